The summed E-state index contributed by atoms with van der Waals surface area (Å²) in [7, 11) is 0. The van der Waals surface area contributed by atoms with Gasteiger partial charge in [-0.3, -0.25) is 0 Å². The molecule has 0 radical (unpaired) electrons. The second kappa shape index (κ2) is 6.38. The van der Waals surface area contributed by atoms with Gasteiger partial charge in [-0.25, -0.2) is 4.98 Å². The van der Waals surface area contributed by atoms with Crippen LogP contribution in [-0.4, -0.2) is 27.4 Å². The van der Waals surface area contributed by atoms with Crippen LogP contribution in [0.5, 0.6) is 5.75 Å². The van der Waals surface area contributed by atoms with Gasteiger partial charge in [0.1, 0.15) is 18.5 Å². The molecule has 4 heteroatoms. The number of aromatic nitrogens is 2. The minimum atomic E-state index is -0.543. The predicted octanol–water partition coefficient (Wildman–Crippen LogP) is 2.45. The molecule has 4 nitrogen and oxygen atoms in total. The van der Waals surface area contributed by atoms with Crippen LogP contribution >= 0.6 is 0 Å². The van der Waals surface area contributed by atoms with E-state index in [9.17, 15) is 5.11 Å². The predicted molar refractivity (Wildman–Crippen MR) is 74.3 cm³/mol. The molecule has 2 aromatic rings. The van der Waals surface area contributed by atoms with Crippen LogP contribution in [0.1, 0.15) is 25.3 Å². The molecule has 0 saturated heterocycles. The second-order valence-corrected chi connectivity index (χ2v) is 4.95. The van der Waals surface area contributed by atoms with Crippen molar-refractivity contribution in [2.75, 3.05) is 6.61 Å². The largest absolute Gasteiger partial charge is 0.491 e. The summed E-state index contributed by atoms with van der Waals surface area (Å²) < 4.78 is 7.40. The number of benzene rings is 1. The molecular weight excluding hydrogens is 240 g/mol. The van der Waals surface area contributed by atoms with Gasteiger partial charge in [0.05, 0.1) is 12.9 Å². The molecule has 1 aromatic carbocycles. The van der Waals surface area contributed by atoms with Crippen LogP contribution < -0.4 is 4.74 Å². The minimum absolute atomic E-state index is 0.277. The Morgan fingerprint density at radius 2 is 2.00 bits per heavy atom. The maximum atomic E-state index is 9.85. The van der Waals surface area contributed by atoms with Gasteiger partial charge in [0, 0.05) is 12.4 Å². The number of aliphatic hydroxyl groups is 1. The summed E-state index contributed by atoms with van der Waals surface area (Å²) in [5.74, 6) is 1.30. The van der Waals surface area contributed by atoms with E-state index in [1.54, 1.807) is 12.5 Å². The lowest BCUT2D eigenvalue weighted by molar-refractivity contribution is 0.0924. The molecule has 2 rings (SSSR count). The molecule has 0 fully saturated rings. The first-order chi connectivity index (χ1) is 9.15. The van der Waals surface area contributed by atoms with Crippen LogP contribution in [0.2, 0.25) is 0 Å². The molecule has 1 unspecified atom stereocenters. The van der Waals surface area contributed by atoms with E-state index in [-0.39, 0.29) is 6.61 Å². The van der Waals surface area contributed by atoms with Crippen molar-refractivity contribution in [3.05, 3.63) is 48.5 Å². The van der Waals surface area contributed by atoms with Gasteiger partial charge in [-0.2, -0.15) is 0 Å². The van der Waals surface area contributed by atoms with Crippen LogP contribution in [0.25, 0.3) is 0 Å². The summed E-state index contributed by atoms with van der Waals surface area (Å²) in [5.41, 5.74) is 1.28. The highest BCUT2D eigenvalue weighted by Crippen LogP contribution is 2.18. The third kappa shape index (κ3) is 4.10. The lowest BCUT2D eigenvalue weighted by atomic mass is 10.0. The van der Waals surface area contributed by atoms with Gasteiger partial charge < -0.3 is 14.4 Å². The van der Waals surface area contributed by atoms with Gasteiger partial charge in [-0.05, 0) is 23.6 Å². The Morgan fingerprint density at radius 3 is 2.58 bits per heavy atom. The van der Waals surface area contributed by atoms with E-state index in [0.29, 0.717) is 12.5 Å². The fraction of sp³-hybridized carbons (Fsp3) is 0.400. The van der Waals surface area contributed by atoms with Crippen molar-refractivity contribution < 1.29 is 9.84 Å². The minimum Gasteiger partial charge on any atom is -0.491 e. The number of rotatable bonds is 6. The second-order valence-electron chi connectivity index (χ2n) is 4.95. The maximum Gasteiger partial charge on any atom is 0.119 e. The Labute approximate surface area is 113 Å². The summed E-state index contributed by atoms with van der Waals surface area (Å²) in [6.45, 7) is 5.08. The van der Waals surface area contributed by atoms with Gasteiger partial charge in [0.2, 0.25) is 0 Å². The summed E-state index contributed by atoms with van der Waals surface area (Å²) in [4.78, 5) is 3.93. The topological polar surface area (TPSA) is 47.3 Å². The maximum absolute atomic E-state index is 9.85. The van der Waals surface area contributed by atoms with Crippen LogP contribution in [0, 0.1) is 0 Å². The van der Waals surface area contributed by atoms with Crippen molar-refractivity contribution in [3.63, 3.8) is 0 Å². The van der Waals surface area contributed by atoms with Gasteiger partial charge in [-0.15, -0.1) is 0 Å². The van der Waals surface area contributed by atoms with E-state index in [4.69, 9.17) is 4.74 Å². The Kier molecular flexibility index (Phi) is 4.58. The number of hydrogen-bond acceptors (Lipinski definition) is 3. The molecule has 1 N–H and O–H groups in total. The number of hydrogen-bond donors (Lipinski definition) is 1. The molecule has 19 heavy (non-hydrogen) atoms. The summed E-state index contributed by atoms with van der Waals surface area (Å²) >= 11 is 0. The van der Waals surface area contributed by atoms with E-state index in [1.807, 2.05) is 22.9 Å². The molecule has 0 aliphatic rings. The quantitative estimate of drug-likeness (QED) is 0.867. The molecule has 0 aliphatic carbocycles. The average molecular weight is 260 g/mol. The van der Waals surface area contributed by atoms with E-state index in [0.717, 1.165) is 5.75 Å². The molecule has 0 aliphatic heterocycles. The first-order valence-electron chi connectivity index (χ1n) is 6.51. The van der Waals surface area contributed by atoms with Crippen molar-refractivity contribution in [1.29, 1.82) is 0 Å². The third-order valence-corrected chi connectivity index (χ3v) is 2.97. The lowest BCUT2D eigenvalue weighted by Crippen LogP contribution is -2.22. The Balaban J connectivity index is 1.81. The first kappa shape index (κ1) is 13.6. The summed E-state index contributed by atoms with van der Waals surface area (Å²) in [6, 6.07) is 8.00. The molecule has 0 amide bonds. The molecule has 0 bridgehead atoms. The van der Waals surface area contributed by atoms with Crippen molar-refractivity contribution in [2.45, 2.75) is 32.4 Å². The Morgan fingerprint density at radius 1 is 1.26 bits per heavy atom. The van der Waals surface area contributed by atoms with Gasteiger partial charge in [0.25, 0.3) is 0 Å². The lowest BCUT2D eigenvalue weighted by Gasteiger charge is -2.13. The zero-order chi connectivity index (χ0) is 13.7. The van der Waals surface area contributed by atoms with Crippen molar-refractivity contribution in [3.8, 4) is 5.75 Å². The highest BCUT2D eigenvalue weighted by Gasteiger charge is 2.06. The zero-order valence-electron chi connectivity index (χ0n) is 11.4. The van der Waals surface area contributed by atoms with Crippen molar-refractivity contribution >= 4 is 0 Å². The molecular formula is C15H20N2O2. The van der Waals surface area contributed by atoms with Gasteiger partial charge in [0.15, 0.2) is 0 Å². The van der Waals surface area contributed by atoms with Crippen LogP contribution in [-0.2, 0) is 6.54 Å². The van der Waals surface area contributed by atoms with E-state index >= 15 is 0 Å². The van der Waals surface area contributed by atoms with E-state index < -0.39 is 6.10 Å². The molecule has 1 aromatic heterocycles. The molecule has 1 atom stereocenters. The summed E-state index contributed by atoms with van der Waals surface area (Å²) in [5, 5.41) is 9.85. The number of aliphatic hydroxyl groups excluding tert-OH is 1. The number of nitrogens with zero attached hydrogens (tertiary/aromatic N) is 2. The van der Waals surface area contributed by atoms with Crippen molar-refractivity contribution in [2.24, 2.45) is 0 Å². The molecule has 102 valence electrons. The summed E-state index contributed by atoms with van der Waals surface area (Å²) in [6.07, 6.45) is 4.65. The molecule has 0 spiro atoms. The zero-order valence-corrected chi connectivity index (χ0v) is 11.4. The normalized spacial score (nSPS) is 12.6. The molecule has 0 saturated carbocycles. The highest BCUT2D eigenvalue weighted by molar-refractivity contribution is 5.28. The smallest absolute Gasteiger partial charge is 0.119 e. The van der Waals surface area contributed by atoms with Gasteiger partial charge >= 0.3 is 0 Å². The standard InChI is InChI=1S/C15H20N2O2/c1-12(2)13-3-5-15(6-4-13)19-10-14(18)9-17-8-7-16-11-17/h3-8,11-12,14,18H,9-10H2,1-2H3. The molecule has 1 heterocycles. The van der Waals surface area contributed by atoms with Crippen molar-refractivity contribution in [1.82, 2.24) is 9.55 Å². The van der Waals surface area contributed by atoms with Gasteiger partial charge in [-0.1, -0.05) is 26.0 Å². The Hall–Kier alpha value is -1.81. The fourth-order valence-electron chi connectivity index (χ4n) is 1.83. The van der Waals surface area contributed by atoms with Crippen LogP contribution in [0.15, 0.2) is 43.0 Å². The fourth-order valence-corrected chi connectivity index (χ4v) is 1.83. The third-order valence-electron chi connectivity index (χ3n) is 2.97. The number of ether oxygens (including phenoxy) is 1. The van der Waals surface area contributed by atoms with Crippen LogP contribution in [0.3, 0.4) is 0 Å². The van der Waals surface area contributed by atoms with E-state index in [1.165, 1.54) is 5.56 Å². The SMILES string of the molecule is CC(C)c1ccc(OCC(O)Cn2ccnc2)cc1. The van der Waals surface area contributed by atoms with E-state index in [2.05, 4.69) is 31.0 Å². The first-order valence-corrected chi connectivity index (χ1v) is 6.51. The highest BCUT2D eigenvalue weighted by atomic mass is 16.5. The monoisotopic (exact) mass is 260 g/mol. The van der Waals surface area contributed by atoms with Crippen LogP contribution in [0.4, 0.5) is 0 Å². The Bertz CT molecular complexity index is 477. The number of imidazole rings is 1. The average Bonchev–Trinajstić information content (AvgIpc) is 2.89.